The van der Waals surface area contributed by atoms with Gasteiger partial charge in [0.25, 0.3) is 0 Å². The van der Waals surface area contributed by atoms with E-state index < -0.39 is 10.0 Å². The van der Waals surface area contributed by atoms with Gasteiger partial charge in [0.2, 0.25) is 15.9 Å². The summed E-state index contributed by atoms with van der Waals surface area (Å²) in [5.41, 5.74) is 0. The van der Waals surface area contributed by atoms with Gasteiger partial charge in [0, 0.05) is 13.1 Å². The first-order chi connectivity index (χ1) is 7.99. The molecule has 0 saturated carbocycles. The van der Waals surface area contributed by atoms with Gasteiger partial charge in [0.15, 0.2) is 0 Å². The van der Waals surface area contributed by atoms with Crippen LogP contribution >= 0.6 is 0 Å². The van der Waals surface area contributed by atoms with Gasteiger partial charge in [-0.05, 0) is 25.8 Å². The molecule has 0 bridgehead atoms. The Morgan fingerprint density at radius 3 is 2.71 bits per heavy atom. The number of carbonyl (C=O) groups excluding carboxylic acids is 1. The lowest BCUT2D eigenvalue weighted by atomic mass is 10.0. The molecule has 1 heterocycles. The Bertz CT molecular complexity index is 337. The number of nitrogens with one attached hydrogen (secondary N) is 3. The van der Waals surface area contributed by atoms with Crippen molar-refractivity contribution in [3.63, 3.8) is 0 Å². The molecule has 1 fully saturated rings. The van der Waals surface area contributed by atoms with Gasteiger partial charge in [-0.3, -0.25) is 4.79 Å². The molecule has 0 spiro atoms. The molecule has 1 rings (SSSR count). The van der Waals surface area contributed by atoms with Crippen LogP contribution < -0.4 is 15.4 Å². The van der Waals surface area contributed by atoms with Crippen LogP contribution in [0.2, 0.25) is 0 Å². The highest BCUT2D eigenvalue weighted by atomic mass is 32.2. The first-order valence-electron chi connectivity index (χ1n) is 5.95. The first kappa shape index (κ1) is 14.4. The zero-order chi connectivity index (χ0) is 12.7. The summed E-state index contributed by atoms with van der Waals surface area (Å²) in [6.07, 6.45) is 4.82. The van der Waals surface area contributed by atoms with Crippen LogP contribution in [0.3, 0.4) is 0 Å². The SMILES string of the molecule is CS(=O)(=O)NCCCNC(=O)[C@H]1CCCCN1. The smallest absolute Gasteiger partial charge is 0.237 e. The molecule has 1 saturated heterocycles. The zero-order valence-corrected chi connectivity index (χ0v) is 11.0. The van der Waals surface area contributed by atoms with Gasteiger partial charge in [0.1, 0.15) is 0 Å². The average molecular weight is 263 g/mol. The van der Waals surface area contributed by atoms with Crippen molar-refractivity contribution >= 4 is 15.9 Å². The highest BCUT2D eigenvalue weighted by Gasteiger charge is 2.19. The van der Waals surface area contributed by atoms with Crippen LogP contribution in [-0.4, -0.2) is 46.3 Å². The minimum Gasteiger partial charge on any atom is -0.355 e. The van der Waals surface area contributed by atoms with Crippen LogP contribution in [0.4, 0.5) is 0 Å². The van der Waals surface area contributed by atoms with Crippen LogP contribution in [0.1, 0.15) is 25.7 Å². The Morgan fingerprint density at radius 1 is 1.35 bits per heavy atom. The summed E-state index contributed by atoms with van der Waals surface area (Å²) < 4.78 is 23.9. The molecular formula is C10H21N3O3S. The van der Waals surface area contributed by atoms with Crippen LogP contribution in [0.5, 0.6) is 0 Å². The average Bonchev–Trinajstić information content (AvgIpc) is 2.28. The Kier molecular flexibility index (Phi) is 5.87. The third-order valence-electron chi connectivity index (χ3n) is 2.64. The van der Waals surface area contributed by atoms with Crippen LogP contribution in [-0.2, 0) is 14.8 Å². The summed E-state index contributed by atoms with van der Waals surface area (Å²) in [6.45, 7) is 1.75. The molecule has 0 unspecified atom stereocenters. The van der Waals surface area contributed by atoms with E-state index in [4.69, 9.17) is 0 Å². The molecule has 1 amide bonds. The van der Waals surface area contributed by atoms with Crippen molar-refractivity contribution in [2.75, 3.05) is 25.9 Å². The van der Waals surface area contributed by atoms with Crippen molar-refractivity contribution in [3.05, 3.63) is 0 Å². The van der Waals surface area contributed by atoms with Crippen molar-refractivity contribution in [2.24, 2.45) is 0 Å². The molecular weight excluding hydrogens is 242 g/mol. The lowest BCUT2D eigenvalue weighted by molar-refractivity contribution is -0.123. The molecule has 100 valence electrons. The van der Waals surface area contributed by atoms with Crippen molar-refractivity contribution in [1.29, 1.82) is 0 Å². The van der Waals surface area contributed by atoms with Gasteiger partial charge in [-0.25, -0.2) is 13.1 Å². The van der Waals surface area contributed by atoms with E-state index in [1.165, 1.54) is 0 Å². The molecule has 6 nitrogen and oxygen atoms in total. The van der Waals surface area contributed by atoms with E-state index in [0.29, 0.717) is 19.5 Å². The Hall–Kier alpha value is -0.660. The molecule has 0 aromatic heterocycles. The standard InChI is InChI=1S/C10H21N3O3S/c1-17(15,16)13-8-4-7-12-10(14)9-5-2-3-6-11-9/h9,11,13H,2-8H2,1H3,(H,12,14)/t9-/m1/s1. The van der Waals surface area contributed by atoms with Crippen molar-refractivity contribution in [3.8, 4) is 0 Å². The summed E-state index contributed by atoms with van der Waals surface area (Å²) in [5.74, 6) is 0.0176. The van der Waals surface area contributed by atoms with Gasteiger partial charge in [0.05, 0.1) is 12.3 Å². The normalized spacial score (nSPS) is 21.1. The predicted molar refractivity (Wildman–Crippen MR) is 66.1 cm³/mol. The maximum atomic E-state index is 11.6. The maximum absolute atomic E-state index is 11.6. The lowest BCUT2D eigenvalue weighted by Gasteiger charge is -2.22. The largest absolute Gasteiger partial charge is 0.355 e. The molecule has 3 N–H and O–H groups in total. The van der Waals surface area contributed by atoms with Gasteiger partial charge in [-0.1, -0.05) is 6.42 Å². The van der Waals surface area contributed by atoms with Gasteiger partial charge in [-0.15, -0.1) is 0 Å². The molecule has 0 aliphatic carbocycles. The van der Waals surface area contributed by atoms with Gasteiger partial charge < -0.3 is 10.6 Å². The minimum absolute atomic E-state index is 0.0176. The Balaban J connectivity index is 2.07. The fraction of sp³-hybridized carbons (Fsp3) is 0.900. The number of sulfonamides is 1. The highest BCUT2D eigenvalue weighted by molar-refractivity contribution is 7.88. The third-order valence-corrected chi connectivity index (χ3v) is 3.37. The number of amides is 1. The lowest BCUT2D eigenvalue weighted by Crippen LogP contribution is -2.47. The van der Waals surface area contributed by atoms with E-state index in [0.717, 1.165) is 32.1 Å². The van der Waals surface area contributed by atoms with E-state index in [2.05, 4.69) is 15.4 Å². The van der Waals surface area contributed by atoms with Crippen molar-refractivity contribution in [2.45, 2.75) is 31.7 Å². The van der Waals surface area contributed by atoms with Gasteiger partial charge in [-0.2, -0.15) is 0 Å². The topological polar surface area (TPSA) is 87.3 Å². The predicted octanol–water partition coefficient (Wildman–Crippen LogP) is -0.816. The van der Waals surface area contributed by atoms with E-state index in [1.54, 1.807) is 0 Å². The van der Waals surface area contributed by atoms with Gasteiger partial charge >= 0.3 is 0 Å². The fourth-order valence-electron chi connectivity index (χ4n) is 1.76. The molecule has 7 heteroatoms. The minimum atomic E-state index is -3.12. The number of piperidine rings is 1. The molecule has 1 aliphatic heterocycles. The molecule has 0 aromatic carbocycles. The summed E-state index contributed by atoms with van der Waals surface area (Å²) >= 11 is 0. The molecule has 1 atom stereocenters. The number of hydrogen-bond donors (Lipinski definition) is 3. The first-order valence-corrected chi connectivity index (χ1v) is 7.84. The second-order valence-electron chi connectivity index (χ2n) is 4.31. The number of rotatable bonds is 6. The maximum Gasteiger partial charge on any atom is 0.237 e. The second kappa shape index (κ2) is 6.93. The second-order valence-corrected chi connectivity index (χ2v) is 6.15. The highest BCUT2D eigenvalue weighted by Crippen LogP contribution is 2.06. The van der Waals surface area contributed by atoms with E-state index in [1.807, 2.05) is 0 Å². The monoisotopic (exact) mass is 263 g/mol. The Labute approximate surface area is 103 Å². The molecule has 0 aromatic rings. The summed E-state index contributed by atoms with van der Waals surface area (Å²) in [5, 5.41) is 5.96. The van der Waals surface area contributed by atoms with Crippen LogP contribution in [0.25, 0.3) is 0 Å². The van der Waals surface area contributed by atoms with E-state index in [9.17, 15) is 13.2 Å². The zero-order valence-electron chi connectivity index (χ0n) is 10.2. The molecule has 1 aliphatic rings. The number of carbonyl (C=O) groups is 1. The molecule has 0 radical (unpaired) electrons. The van der Waals surface area contributed by atoms with E-state index in [-0.39, 0.29) is 11.9 Å². The van der Waals surface area contributed by atoms with Crippen molar-refractivity contribution < 1.29 is 13.2 Å². The van der Waals surface area contributed by atoms with Crippen LogP contribution in [0, 0.1) is 0 Å². The number of hydrogen-bond acceptors (Lipinski definition) is 4. The quantitative estimate of drug-likeness (QED) is 0.547. The summed E-state index contributed by atoms with van der Waals surface area (Å²) in [6, 6.07) is -0.0772. The summed E-state index contributed by atoms with van der Waals surface area (Å²) in [4.78, 5) is 11.6. The summed E-state index contributed by atoms with van der Waals surface area (Å²) in [7, 11) is -3.12. The molecule has 17 heavy (non-hydrogen) atoms. The van der Waals surface area contributed by atoms with Crippen LogP contribution in [0.15, 0.2) is 0 Å². The van der Waals surface area contributed by atoms with E-state index >= 15 is 0 Å². The van der Waals surface area contributed by atoms with Crippen molar-refractivity contribution in [1.82, 2.24) is 15.4 Å². The Morgan fingerprint density at radius 2 is 2.12 bits per heavy atom. The fourth-order valence-corrected chi connectivity index (χ4v) is 2.27. The third kappa shape index (κ3) is 6.60.